The third-order valence-electron chi connectivity index (χ3n) is 2.05. The molecule has 0 spiro atoms. The van der Waals surface area contributed by atoms with Gasteiger partial charge < -0.3 is 4.74 Å². The maximum Gasteiger partial charge on any atom is 0.363 e. The molecule has 0 aliphatic carbocycles. The van der Waals surface area contributed by atoms with Crippen LogP contribution in [0.3, 0.4) is 0 Å². The number of nitriles is 1. The largest absolute Gasteiger partial charge is 0.407 e. The number of hydrogen-bond donors (Lipinski definition) is 0. The Balaban J connectivity index is 2.37. The van der Waals surface area contributed by atoms with Crippen molar-refractivity contribution < 1.29 is 9.53 Å². The lowest BCUT2D eigenvalue weighted by atomic mass is 10.1. The zero-order valence-corrected chi connectivity index (χ0v) is 8.60. The second kappa shape index (κ2) is 3.99. The van der Waals surface area contributed by atoms with Crippen LogP contribution in [-0.2, 0) is 9.53 Å². The molecule has 0 bridgehead atoms. The first-order chi connectivity index (χ1) is 7.69. The topological polar surface area (TPSA) is 62.5 Å². The van der Waals surface area contributed by atoms with E-state index in [1.165, 1.54) is 0 Å². The number of aliphatic imine (C=N–C) groups is 1. The van der Waals surface area contributed by atoms with E-state index in [-0.39, 0.29) is 5.70 Å². The van der Waals surface area contributed by atoms with E-state index in [0.717, 1.165) is 5.56 Å². The van der Waals surface area contributed by atoms with Crippen LogP contribution in [0.25, 0.3) is 6.08 Å². The van der Waals surface area contributed by atoms with Crippen molar-refractivity contribution in [3.05, 3.63) is 41.1 Å². The Morgan fingerprint density at radius 2 is 2.31 bits per heavy atom. The number of carbonyl (C=O) groups is 1. The SMILES string of the molecule is CC1=N/C(=C\c2cccc(C#N)c2)C(=O)O1. The van der Waals surface area contributed by atoms with E-state index in [1.807, 2.05) is 6.07 Å². The van der Waals surface area contributed by atoms with Crippen molar-refractivity contribution in [3.8, 4) is 6.07 Å². The molecule has 4 nitrogen and oxygen atoms in total. The highest BCUT2D eigenvalue weighted by molar-refractivity contribution is 6.06. The summed E-state index contributed by atoms with van der Waals surface area (Å²) in [5.41, 5.74) is 1.55. The third-order valence-corrected chi connectivity index (χ3v) is 2.05. The van der Waals surface area contributed by atoms with Gasteiger partial charge in [0.05, 0.1) is 11.6 Å². The molecule has 0 aromatic heterocycles. The summed E-state index contributed by atoms with van der Waals surface area (Å²) < 4.78 is 4.78. The van der Waals surface area contributed by atoms with Gasteiger partial charge in [-0.2, -0.15) is 5.26 Å². The highest BCUT2D eigenvalue weighted by Crippen LogP contribution is 2.15. The van der Waals surface area contributed by atoms with Gasteiger partial charge in [-0.05, 0) is 23.8 Å². The van der Waals surface area contributed by atoms with Gasteiger partial charge in [-0.15, -0.1) is 0 Å². The Morgan fingerprint density at radius 1 is 1.50 bits per heavy atom. The zero-order chi connectivity index (χ0) is 11.5. The fourth-order valence-corrected chi connectivity index (χ4v) is 1.37. The van der Waals surface area contributed by atoms with Gasteiger partial charge in [-0.3, -0.25) is 0 Å². The molecular formula is C12H8N2O2. The Labute approximate surface area is 92.5 Å². The standard InChI is InChI=1S/C12H8N2O2/c1-8-14-11(12(15)16-8)6-9-3-2-4-10(5-9)7-13/h2-6H,1H3/b11-6-. The van der Waals surface area contributed by atoms with Gasteiger partial charge >= 0.3 is 5.97 Å². The fourth-order valence-electron chi connectivity index (χ4n) is 1.37. The number of ether oxygens (including phenoxy) is 1. The molecule has 16 heavy (non-hydrogen) atoms. The number of benzene rings is 1. The Kier molecular flexibility index (Phi) is 2.52. The van der Waals surface area contributed by atoms with Crippen LogP contribution >= 0.6 is 0 Å². The molecule has 0 atom stereocenters. The van der Waals surface area contributed by atoms with Gasteiger partial charge in [0.25, 0.3) is 0 Å². The molecule has 1 aromatic rings. The molecule has 1 aliphatic rings. The van der Waals surface area contributed by atoms with Crippen molar-refractivity contribution in [3.63, 3.8) is 0 Å². The molecular weight excluding hydrogens is 204 g/mol. The zero-order valence-electron chi connectivity index (χ0n) is 8.60. The quantitative estimate of drug-likeness (QED) is 0.527. The first-order valence-electron chi connectivity index (χ1n) is 4.68. The Morgan fingerprint density at radius 3 is 2.94 bits per heavy atom. The smallest absolute Gasteiger partial charge is 0.363 e. The van der Waals surface area contributed by atoms with E-state index in [1.54, 1.807) is 37.3 Å². The molecule has 1 heterocycles. The lowest BCUT2D eigenvalue weighted by Gasteiger charge is -1.94. The number of esters is 1. The molecule has 0 N–H and O–H groups in total. The number of hydrogen-bond acceptors (Lipinski definition) is 4. The molecule has 0 amide bonds. The molecule has 0 saturated carbocycles. The van der Waals surface area contributed by atoms with Crippen molar-refractivity contribution in [1.29, 1.82) is 5.26 Å². The van der Waals surface area contributed by atoms with E-state index < -0.39 is 5.97 Å². The van der Waals surface area contributed by atoms with Crippen molar-refractivity contribution in [2.24, 2.45) is 4.99 Å². The summed E-state index contributed by atoms with van der Waals surface area (Å²) in [7, 11) is 0. The van der Waals surface area contributed by atoms with E-state index in [0.29, 0.717) is 11.5 Å². The maximum atomic E-state index is 11.3. The molecule has 0 saturated heterocycles. The van der Waals surface area contributed by atoms with Gasteiger partial charge in [0.2, 0.25) is 0 Å². The van der Waals surface area contributed by atoms with Crippen LogP contribution in [-0.4, -0.2) is 11.9 Å². The van der Waals surface area contributed by atoms with E-state index in [4.69, 9.17) is 10.00 Å². The summed E-state index contributed by atoms with van der Waals surface area (Å²) in [6.07, 6.45) is 1.60. The predicted molar refractivity (Wildman–Crippen MR) is 58.3 cm³/mol. The summed E-state index contributed by atoms with van der Waals surface area (Å²) in [5, 5.41) is 8.73. The van der Waals surface area contributed by atoms with E-state index in [9.17, 15) is 4.79 Å². The number of nitrogens with zero attached hydrogens (tertiary/aromatic N) is 2. The van der Waals surface area contributed by atoms with Crippen LogP contribution in [0, 0.1) is 11.3 Å². The normalized spacial score (nSPS) is 16.9. The second-order valence-electron chi connectivity index (χ2n) is 3.29. The number of carbonyl (C=O) groups excluding carboxylic acids is 1. The lowest BCUT2D eigenvalue weighted by molar-refractivity contribution is -0.130. The highest BCUT2D eigenvalue weighted by atomic mass is 16.6. The van der Waals surface area contributed by atoms with Crippen molar-refractivity contribution in [2.75, 3.05) is 0 Å². The fraction of sp³-hybridized carbons (Fsp3) is 0.0833. The summed E-state index contributed by atoms with van der Waals surface area (Å²) in [4.78, 5) is 15.2. The van der Waals surface area contributed by atoms with Gasteiger partial charge in [-0.1, -0.05) is 12.1 Å². The minimum Gasteiger partial charge on any atom is -0.407 e. The third kappa shape index (κ3) is 1.98. The molecule has 1 aliphatic heterocycles. The van der Waals surface area contributed by atoms with E-state index in [2.05, 4.69) is 4.99 Å². The lowest BCUT2D eigenvalue weighted by Crippen LogP contribution is -1.99. The number of cyclic esters (lactones) is 1. The number of rotatable bonds is 1. The summed E-state index contributed by atoms with van der Waals surface area (Å²) in [6, 6.07) is 8.96. The van der Waals surface area contributed by atoms with Gasteiger partial charge in [-0.25, -0.2) is 9.79 Å². The first kappa shape index (κ1) is 10.1. The van der Waals surface area contributed by atoms with E-state index >= 15 is 0 Å². The monoisotopic (exact) mass is 212 g/mol. The van der Waals surface area contributed by atoms with Gasteiger partial charge in [0, 0.05) is 6.92 Å². The van der Waals surface area contributed by atoms with Crippen LogP contribution in [0.1, 0.15) is 18.1 Å². The average Bonchev–Trinajstić information content (AvgIpc) is 2.58. The average molecular weight is 212 g/mol. The molecule has 0 fully saturated rings. The molecule has 0 radical (unpaired) electrons. The Bertz CT molecular complexity index is 550. The summed E-state index contributed by atoms with van der Waals surface area (Å²) in [6.45, 7) is 1.62. The highest BCUT2D eigenvalue weighted by Gasteiger charge is 2.19. The maximum absolute atomic E-state index is 11.3. The van der Waals surface area contributed by atoms with Crippen LogP contribution in [0.2, 0.25) is 0 Å². The molecule has 78 valence electrons. The van der Waals surface area contributed by atoms with Crippen LogP contribution < -0.4 is 0 Å². The second-order valence-corrected chi connectivity index (χ2v) is 3.29. The summed E-state index contributed by atoms with van der Waals surface area (Å²) >= 11 is 0. The molecule has 2 rings (SSSR count). The van der Waals surface area contributed by atoms with Crippen LogP contribution in [0.15, 0.2) is 35.0 Å². The first-order valence-corrected chi connectivity index (χ1v) is 4.68. The Hall–Kier alpha value is -2.41. The minimum atomic E-state index is -0.458. The van der Waals surface area contributed by atoms with Crippen molar-refractivity contribution >= 4 is 17.9 Å². The van der Waals surface area contributed by atoms with Crippen LogP contribution in [0.4, 0.5) is 0 Å². The van der Waals surface area contributed by atoms with Gasteiger partial charge in [0.15, 0.2) is 11.6 Å². The predicted octanol–water partition coefficient (Wildman–Crippen LogP) is 1.87. The minimum absolute atomic E-state index is 0.257. The summed E-state index contributed by atoms with van der Waals surface area (Å²) in [5.74, 6) is -0.118. The van der Waals surface area contributed by atoms with Crippen LogP contribution in [0.5, 0.6) is 0 Å². The molecule has 1 aromatic carbocycles. The molecule has 4 heteroatoms. The van der Waals surface area contributed by atoms with Gasteiger partial charge in [0.1, 0.15) is 0 Å². The van der Waals surface area contributed by atoms with Crippen molar-refractivity contribution in [2.45, 2.75) is 6.92 Å². The molecule has 0 unspecified atom stereocenters. The van der Waals surface area contributed by atoms with Crippen molar-refractivity contribution in [1.82, 2.24) is 0 Å².